The van der Waals surface area contributed by atoms with Crippen molar-refractivity contribution in [2.75, 3.05) is 0 Å². The maximum absolute atomic E-state index is 12.7. The largest absolute Gasteiger partial charge is 0.416 e. The minimum absolute atomic E-state index is 0.428. The number of para-hydroxylation sites is 2. The number of fused-ring (bicyclic) bond motifs is 1. The lowest BCUT2D eigenvalue weighted by Gasteiger charge is -2.09. The molecule has 10 heteroatoms. The van der Waals surface area contributed by atoms with Crippen molar-refractivity contribution in [2.24, 2.45) is 0 Å². The molecular weight excluding hydrogens is 389 g/mol. The Morgan fingerprint density at radius 2 is 1.79 bits per heavy atom. The average molecular weight is 404 g/mol. The molecule has 4 rings (SSSR count). The van der Waals surface area contributed by atoms with Crippen LogP contribution in [0.5, 0.6) is 0 Å². The smallest absolute Gasteiger partial charge is 0.319 e. The number of hydrogen-bond acceptors (Lipinski definition) is 5. The molecule has 0 saturated heterocycles. The molecule has 0 amide bonds. The van der Waals surface area contributed by atoms with E-state index in [0.29, 0.717) is 17.3 Å². The first kappa shape index (κ1) is 18.5. The predicted molar refractivity (Wildman–Crippen MR) is 99.1 cm³/mol. The van der Waals surface area contributed by atoms with Gasteiger partial charge >= 0.3 is 6.18 Å². The molecule has 0 saturated carbocycles. The number of hydrogen-bond donors (Lipinski definition) is 0. The van der Waals surface area contributed by atoms with Crippen LogP contribution in [0.25, 0.3) is 16.7 Å². The quantitative estimate of drug-likeness (QED) is 0.463. The van der Waals surface area contributed by atoms with Crippen LogP contribution in [0.1, 0.15) is 18.3 Å². The van der Waals surface area contributed by atoms with Crippen molar-refractivity contribution in [3.63, 3.8) is 0 Å². The number of tetrazole rings is 1. The van der Waals surface area contributed by atoms with Gasteiger partial charge in [0, 0.05) is 6.54 Å². The first-order valence-electron chi connectivity index (χ1n) is 8.50. The van der Waals surface area contributed by atoms with Crippen LogP contribution >= 0.6 is 11.8 Å². The highest BCUT2D eigenvalue weighted by atomic mass is 32.2. The number of nitrogens with zero attached hydrogens (tertiary/aromatic N) is 6. The van der Waals surface area contributed by atoms with Gasteiger partial charge in [-0.15, -0.1) is 5.10 Å². The van der Waals surface area contributed by atoms with Crippen LogP contribution in [-0.4, -0.2) is 29.8 Å². The van der Waals surface area contributed by atoms with Crippen molar-refractivity contribution in [3.8, 4) is 5.69 Å². The van der Waals surface area contributed by atoms with Crippen molar-refractivity contribution in [2.45, 2.75) is 30.6 Å². The number of aromatic nitrogens is 6. The van der Waals surface area contributed by atoms with Crippen LogP contribution in [-0.2, 0) is 18.5 Å². The fourth-order valence-corrected chi connectivity index (χ4v) is 3.87. The van der Waals surface area contributed by atoms with Gasteiger partial charge in [0.1, 0.15) is 0 Å². The number of halogens is 3. The van der Waals surface area contributed by atoms with Crippen molar-refractivity contribution < 1.29 is 13.2 Å². The van der Waals surface area contributed by atoms with E-state index >= 15 is 0 Å². The normalized spacial score (nSPS) is 12.0. The summed E-state index contributed by atoms with van der Waals surface area (Å²) in [6.45, 7) is 2.82. The van der Waals surface area contributed by atoms with Crippen LogP contribution in [0.15, 0.2) is 53.7 Å². The fourth-order valence-electron chi connectivity index (χ4n) is 2.89. The second-order valence-corrected chi connectivity index (χ2v) is 6.91. The highest BCUT2D eigenvalue weighted by Crippen LogP contribution is 2.30. The van der Waals surface area contributed by atoms with Gasteiger partial charge in [0.05, 0.1) is 28.0 Å². The minimum atomic E-state index is -4.38. The molecule has 0 aliphatic rings. The molecule has 0 unspecified atom stereocenters. The Kier molecular flexibility index (Phi) is 4.80. The second kappa shape index (κ2) is 7.27. The van der Waals surface area contributed by atoms with Crippen LogP contribution in [0.4, 0.5) is 13.2 Å². The Morgan fingerprint density at radius 3 is 2.50 bits per heavy atom. The first-order valence-corrected chi connectivity index (χ1v) is 9.49. The molecule has 2 aromatic heterocycles. The molecule has 0 radical (unpaired) electrons. The molecule has 0 fully saturated rings. The van der Waals surface area contributed by atoms with Crippen molar-refractivity contribution in [1.29, 1.82) is 0 Å². The molecule has 0 aliphatic heterocycles. The Bertz CT molecular complexity index is 1100. The standard InChI is InChI=1S/C18H15F3N6S/c1-2-26-15-6-4-3-5-14(15)22-17(26)28-11-16-23-24-25-27(16)13-9-7-12(8-10-13)18(19,20)21/h3-10H,2,11H2,1H3. The van der Waals surface area contributed by atoms with E-state index in [1.165, 1.54) is 28.6 Å². The maximum Gasteiger partial charge on any atom is 0.416 e. The zero-order valence-corrected chi connectivity index (χ0v) is 15.6. The third kappa shape index (κ3) is 3.47. The zero-order chi connectivity index (χ0) is 19.7. The topological polar surface area (TPSA) is 61.4 Å². The number of imidazole rings is 1. The Balaban J connectivity index is 1.57. The summed E-state index contributed by atoms with van der Waals surface area (Å²) in [7, 11) is 0. The highest BCUT2D eigenvalue weighted by molar-refractivity contribution is 7.98. The molecular formula is C18H15F3N6S. The summed E-state index contributed by atoms with van der Waals surface area (Å²) in [6.07, 6.45) is -4.38. The number of aryl methyl sites for hydroxylation is 1. The zero-order valence-electron chi connectivity index (χ0n) is 14.8. The maximum atomic E-state index is 12.7. The summed E-state index contributed by atoms with van der Waals surface area (Å²) < 4.78 is 41.8. The third-order valence-electron chi connectivity index (χ3n) is 4.24. The lowest BCUT2D eigenvalue weighted by atomic mass is 10.2. The van der Waals surface area contributed by atoms with E-state index in [2.05, 4.69) is 25.1 Å². The molecule has 144 valence electrons. The van der Waals surface area contributed by atoms with Gasteiger partial charge in [0.2, 0.25) is 0 Å². The summed E-state index contributed by atoms with van der Waals surface area (Å²) in [5.74, 6) is 0.955. The van der Waals surface area contributed by atoms with Crippen molar-refractivity contribution >= 4 is 22.8 Å². The van der Waals surface area contributed by atoms with Crippen molar-refractivity contribution in [3.05, 3.63) is 59.9 Å². The predicted octanol–water partition coefficient (Wildman–Crippen LogP) is 4.34. The first-order chi connectivity index (χ1) is 13.5. The van der Waals surface area contributed by atoms with Crippen LogP contribution in [0.3, 0.4) is 0 Å². The average Bonchev–Trinajstić information content (AvgIpc) is 3.29. The van der Waals surface area contributed by atoms with E-state index in [0.717, 1.165) is 34.9 Å². The van der Waals surface area contributed by atoms with E-state index in [1.54, 1.807) is 0 Å². The molecule has 0 atom stereocenters. The summed E-state index contributed by atoms with van der Waals surface area (Å²) >= 11 is 1.48. The van der Waals surface area contributed by atoms with E-state index in [9.17, 15) is 13.2 Å². The van der Waals surface area contributed by atoms with Gasteiger partial charge in [-0.2, -0.15) is 17.9 Å². The van der Waals surface area contributed by atoms with Gasteiger partial charge in [0.15, 0.2) is 11.0 Å². The molecule has 28 heavy (non-hydrogen) atoms. The lowest BCUT2D eigenvalue weighted by molar-refractivity contribution is -0.137. The number of thioether (sulfide) groups is 1. The van der Waals surface area contributed by atoms with Crippen molar-refractivity contribution in [1.82, 2.24) is 29.8 Å². The summed E-state index contributed by atoms with van der Waals surface area (Å²) in [6, 6.07) is 12.6. The Hall–Kier alpha value is -2.88. The summed E-state index contributed by atoms with van der Waals surface area (Å²) in [4.78, 5) is 4.65. The molecule has 6 nitrogen and oxygen atoms in total. The molecule has 4 aromatic rings. The van der Waals surface area contributed by atoms with Crippen LogP contribution in [0, 0.1) is 0 Å². The summed E-state index contributed by atoms with van der Waals surface area (Å²) in [5, 5.41) is 12.4. The fraction of sp³-hybridized carbons (Fsp3) is 0.222. The third-order valence-corrected chi connectivity index (χ3v) is 5.21. The summed E-state index contributed by atoms with van der Waals surface area (Å²) in [5.41, 5.74) is 1.72. The lowest BCUT2D eigenvalue weighted by Crippen LogP contribution is -2.07. The van der Waals surface area contributed by atoms with E-state index in [1.807, 2.05) is 31.2 Å². The highest BCUT2D eigenvalue weighted by Gasteiger charge is 2.30. The molecule has 2 heterocycles. The van der Waals surface area contributed by atoms with E-state index in [4.69, 9.17) is 0 Å². The molecule has 2 aromatic carbocycles. The van der Waals surface area contributed by atoms with Gasteiger partial charge in [-0.05, 0) is 53.7 Å². The van der Waals surface area contributed by atoms with Gasteiger partial charge in [-0.3, -0.25) is 0 Å². The number of alkyl halides is 3. The molecule has 0 N–H and O–H groups in total. The van der Waals surface area contributed by atoms with Gasteiger partial charge < -0.3 is 4.57 Å². The van der Waals surface area contributed by atoms with E-state index in [-0.39, 0.29) is 0 Å². The van der Waals surface area contributed by atoms with Gasteiger partial charge in [0.25, 0.3) is 0 Å². The molecule has 0 bridgehead atoms. The molecule has 0 spiro atoms. The SMILES string of the molecule is CCn1c(SCc2nnnn2-c2ccc(C(F)(F)F)cc2)nc2ccccc21. The minimum Gasteiger partial charge on any atom is -0.319 e. The van der Waals surface area contributed by atoms with Gasteiger partial charge in [-0.25, -0.2) is 4.98 Å². The Labute approximate surface area is 162 Å². The number of benzene rings is 2. The second-order valence-electron chi connectivity index (χ2n) is 5.97. The van der Waals surface area contributed by atoms with Gasteiger partial charge in [-0.1, -0.05) is 23.9 Å². The van der Waals surface area contributed by atoms with E-state index < -0.39 is 11.7 Å². The van der Waals surface area contributed by atoms with Crippen LogP contribution in [0.2, 0.25) is 0 Å². The number of rotatable bonds is 5. The van der Waals surface area contributed by atoms with Crippen LogP contribution < -0.4 is 0 Å². The monoisotopic (exact) mass is 404 g/mol. The Morgan fingerprint density at radius 1 is 1.04 bits per heavy atom. The molecule has 0 aliphatic carbocycles.